The van der Waals surface area contributed by atoms with Crippen molar-refractivity contribution >= 4 is 17.7 Å². The Bertz CT molecular complexity index is 352. The number of nitrogens with zero attached hydrogens (tertiary/aromatic N) is 2. The van der Waals surface area contributed by atoms with Gasteiger partial charge in [-0.3, -0.25) is 4.79 Å². The molecule has 16 heavy (non-hydrogen) atoms. The molecule has 1 unspecified atom stereocenters. The van der Waals surface area contributed by atoms with E-state index in [1.54, 1.807) is 0 Å². The average molecular weight is 244 g/mol. The summed E-state index contributed by atoms with van der Waals surface area (Å²) in [7, 11) is 0. The van der Waals surface area contributed by atoms with Crippen molar-refractivity contribution in [3.8, 4) is 0 Å². The van der Waals surface area contributed by atoms with Crippen LogP contribution >= 0.6 is 11.8 Å². The first-order valence-electron chi connectivity index (χ1n) is 5.20. The summed E-state index contributed by atoms with van der Waals surface area (Å²) in [6.07, 6.45) is 0.699. The van der Waals surface area contributed by atoms with E-state index in [0.29, 0.717) is 24.0 Å². The molecule has 0 radical (unpaired) electrons. The molecule has 0 bridgehead atoms. The minimum atomic E-state index is -0.796. The SMILES string of the molecule is CCc1nnc(CSC(C(=O)O)C(C)C)o1. The maximum atomic E-state index is 10.9. The number of hydrogen-bond donors (Lipinski definition) is 1. The fourth-order valence-corrected chi connectivity index (χ4v) is 2.17. The zero-order valence-corrected chi connectivity index (χ0v) is 10.5. The standard InChI is InChI=1S/C10H16N2O3S/c1-4-7-11-12-8(15-7)5-16-9(6(2)3)10(13)14/h6,9H,4-5H2,1-3H3,(H,13,14). The van der Waals surface area contributed by atoms with Gasteiger partial charge in [0.15, 0.2) is 0 Å². The van der Waals surface area contributed by atoms with Gasteiger partial charge in [-0.25, -0.2) is 0 Å². The maximum Gasteiger partial charge on any atom is 0.316 e. The summed E-state index contributed by atoms with van der Waals surface area (Å²) in [5.41, 5.74) is 0. The Balaban J connectivity index is 2.52. The van der Waals surface area contributed by atoms with Crippen molar-refractivity contribution < 1.29 is 14.3 Å². The van der Waals surface area contributed by atoms with Gasteiger partial charge in [0.1, 0.15) is 5.25 Å². The van der Waals surface area contributed by atoms with Crippen LogP contribution in [0, 0.1) is 5.92 Å². The van der Waals surface area contributed by atoms with Crippen LogP contribution in [0.5, 0.6) is 0 Å². The molecule has 0 aliphatic carbocycles. The predicted molar refractivity (Wildman–Crippen MR) is 61.2 cm³/mol. The molecule has 1 N–H and O–H groups in total. The van der Waals surface area contributed by atoms with E-state index in [1.807, 2.05) is 20.8 Å². The minimum absolute atomic E-state index is 0.0797. The van der Waals surface area contributed by atoms with Crippen molar-refractivity contribution in [2.75, 3.05) is 0 Å². The van der Waals surface area contributed by atoms with Crippen molar-refractivity contribution in [2.45, 2.75) is 38.2 Å². The predicted octanol–water partition coefficient (Wildman–Crippen LogP) is 1.97. The van der Waals surface area contributed by atoms with Gasteiger partial charge < -0.3 is 9.52 Å². The minimum Gasteiger partial charge on any atom is -0.480 e. The molecule has 0 saturated carbocycles. The highest BCUT2D eigenvalue weighted by molar-refractivity contribution is 7.99. The molecule has 0 fully saturated rings. The van der Waals surface area contributed by atoms with Crippen molar-refractivity contribution in [1.29, 1.82) is 0 Å². The van der Waals surface area contributed by atoms with Crippen molar-refractivity contribution in [3.63, 3.8) is 0 Å². The number of carbonyl (C=O) groups is 1. The fourth-order valence-electron chi connectivity index (χ4n) is 1.20. The van der Waals surface area contributed by atoms with Gasteiger partial charge >= 0.3 is 5.97 Å². The van der Waals surface area contributed by atoms with Gasteiger partial charge in [0.05, 0.1) is 5.75 Å². The van der Waals surface area contributed by atoms with Gasteiger partial charge in [0, 0.05) is 6.42 Å². The number of aryl methyl sites for hydroxylation is 1. The molecule has 90 valence electrons. The molecule has 6 heteroatoms. The molecule has 5 nitrogen and oxygen atoms in total. The molecule has 1 rings (SSSR count). The Labute approximate surface area is 98.6 Å². The summed E-state index contributed by atoms with van der Waals surface area (Å²) in [5, 5.41) is 16.2. The van der Waals surface area contributed by atoms with E-state index in [2.05, 4.69) is 10.2 Å². The molecule has 0 spiro atoms. The topological polar surface area (TPSA) is 76.2 Å². The number of carboxylic acids is 1. The fraction of sp³-hybridized carbons (Fsp3) is 0.700. The summed E-state index contributed by atoms with van der Waals surface area (Å²) < 4.78 is 5.31. The van der Waals surface area contributed by atoms with Gasteiger partial charge in [-0.05, 0) is 5.92 Å². The molecule has 0 amide bonds. The molecule has 1 aromatic heterocycles. The maximum absolute atomic E-state index is 10.9. The smallest absolute Gasteiger partial charge is 0.316 e. The number of aromatic nitrogens is 2. The lowest BCUT2D eigenvalue weighted by atomic mass is 10.1. The Hall–Kier alpha value is -1.04. The highest BCUT2D eigenvalue weighted by Gasteiger charge is 2.22. The Morgan fingerprint density at radius 3 is 2.50 bits per heavy atom. The molecule has 0 aliphatic heterocycles. The summed E-state index contributed by atoms with van der Waals surface area (Å²) in [6, 6.07) is 0. The van der Waals surface area contributed by atoms with Gasteiger partial charge in [0.25, 0.3) is 0 Å². The Kier molecular flexibility index (Phi) is 4.79. The van der Waals surface area contributed by atoms with Crippen LogP contribution in [0.1, 0.15) is 32.6 Å². The summed E-state index contributed by atoms with van der Waals surface area (Å²) in [4.78, 5) is 10.9. The van der Waals surface area contributed by atoms with Crippen LogP contribution < -0.4 is 0 Å². The van der Waals surface area contributed by atoms with E-state index in [1.165, 1.54) is 11.8 Å². The second-order valence-corrected chi connectivity index (χ2v) is 4.89. The highest BCUT2D eigenvalue weighted by atomic mass is 32.2. The molecular formula is C10H16N2O3S. The molecule has 1 heterocycles. The van der Waals surface area contributed by atoms with Crippen LogP contribution in [-0.4, -0.2) is 26.5 Å². The largest absolute Gasteiger partial charge is 0.480 e. The Morgan fingerprint density at radius 2 is 2.06 bits per heavy atom. The molecule has 1 aromatic rings. The van der Waals surface area contributed by atoms with Gasteiger partial charge in [-0.2, -0.15) is 0 Å². The second-order valence-electron chi connectivity index (χ2n) is 3.76. The highest BCUT2D eigenvalue weighted by Crippen LogP contribution is 2.23. The zero-order valence-electron chi connectivity index (χ0n) is 9.64. The van der Waals surface area contributed by atoms with Crippen molar-refractivity contribution in [2.24, 2.45) is 5.92 Å². The lowest BCUT2D eigenvalue weighted by Gasteiger charge is -2.13. The van der Waals surface area contributed by atoms with Gasteiger partial charge in [0.2, 0.25) is 11.8 Å². The molecule has 1 atom stereocenters. The average Bonchev–Trinajstić information content (AvgIpc) is 2.65. The summed E-state index contributed by atoms with van der Waals surface area (Å²) >= 11 is 1.32. The van der Waals surface area contributed by atoms with Crippen LogP contribution in [0.15, 0.2) is 4.42 Å². The van der Waals surface area contributed by atoms with E-state index >= 15 is 0 Å². The van der Waals surface area contributed by atoms with E-state index in [4.69, 9.17) is 9.52 Å². The number of aliphatic carboxylic acids is 1. The van der Waals surface area contributed by atoms with Crippen LogP contribution in [-0.2, 0) is 17.0 Å². The quantitative estimate of drug-likeness (QED) is 0.824. The van der Waals surface area contributed by atoms with Crippen molar-refractivity contribution in [1.82, 2.24) is 10.2 Å². The third-order valence-corrected chi connectivity index (χ3v) is 3.57. The first kappa shape index (κ1) is 13.0. The Morgan fingerprint density at radius 1 is 1.44 bits per heavy atom. The molecular weight excluding hydrogens is 228 g/mol. The monoisotopic (exact) mass is 244 g/mol. The zero-order chi connectivity index (χ0) is 12.1. The lowest BCUT2D eigenvalue weighted by Crippen LogP contribution is -2.22. The van der Waals surface area contributed by atoms with E-state index in [-0.39, 0.29) is 5.92 Å². The van der Waals surface area contributed by atoms with Crippen LogP contribution in [0.25, 0.3) is 0 Å². The van der Waals surface area contributed by atoms with Gasteiger partial charge in [-0.1, -0.05) is 20.8 Å². The van der Waals surface area contributed by atoms with E-state index < -0.39 is 11.2 Å². The molecule has 0 saturated heterocycles. The number of carboxylic acid groups (broad SMARTS) is 1. The van der Waals surface area contributed by atoms with Crippen LogP contribution in [0.2, 0.25) is 0 Å². The summed E-state index contributed by atoms with van der Waals surface area (Å²) in [5.74, 6) is 0.814. The lowest BCUT2D eigenvalue weighted by molar-refractivity contribution is -0.137. The molecule has 0 aliphatic rings. The van der Waals surface area contributed by atoms with Gasteiger partial charge in [-0.15, -0.1) is 22.0 Å². The van der Waals surface area contributed by atoms with Crippen LogP contribution in [0.3, 0.4) is 0 Å². The summed E-state index contributed by atoms with van der Waals surface area (Å²) in [6.45, 7) is 5.70. The number of hydrogen-bond acceptors (Lipinski definition) is 5. The third-order valence-electron chi connectivity index (χ3n) is 2.05. The number of thioether (sulfide) groups is 1. The first-order chi connectivity index (χ1) is 7.54. The molecule has 0 aromatic carbocycles. The second kappa shape index (κ2) is 5.89. The third kappa shape index (κ3) is 3.52. The normalized spacial score (nSPS) is 13.0. The first-order valence-corrected chi connectivity index (χ1v) is 6.25. The number of rotatable bonds is 6. The van der Waals surface area contributed by atoms with E-state index in [9.17, 15) is 4.79 Å². The van der Waals surface area contributed by atoms with Crippen molar-refractivity contribution in [3.05, 3.63) is 11.8 Å². The van der Waals surface area contributed by atoms with E-state index in [0.717, 1.165) is 0 Å². The van der Waals surface area contributed by atoms with Crippen LogP contribution in [0.4, 0.5) is 0 Å².